The van der Waals surface area contributed by atoms with Crippen LogP contribution in [0.4, 0.5) is 5.82 Å². The van der Waals surface area contributed by atoms with Gasteiger partial charge in [-0.3, -0.25) is 9.69 Å². The quantitative estimate of drug-likeness (QED) is 0.723. The third-order valence-corrected chi connectivity index (χ3v) is 6.37. The molecule has 1 aliphatic heterocycles. The summed E-state index contributed by atoms with van der Waals surface area (Å²) in [5, 5.41) is 1.17. The molecule has 6 nitrogen and oxygen atoms in total. The molecule has 130 valence electrons. The van der Waals surface area contributed by atoms with E-state index in [9.17, 15) is 4.79 Å². The Hall–Kier alpha value is -1.99. The minimum Gasteiger partial charge on any atom is -0.373 e. The molecule has 2 aliphatic rings. The maximum atomic E-state index is 12.4. The highest BCUT2D eigenvalue weighted by molar-refractivity contribution is 7.25. The van der Waals surface area contributed by atoms with Gasteiger partial charge in [0.15, 0.2) is 4.83 Å². The lowest BCUT2D eigenvalue weighted by atomic mass is 9.90. The third kappa shape index (κ3) is 2.37. The predicted octanol–water partition coefficient (Wildman–Crippen LogP) is 1.98. The summed E-state index contributed by atoms with van der Waals surface area (Å²) < 4.78 is 6.25. The number of ether oxygens (including phenoxy) is 1. The maximum absolute atomic E-state index is 12.4. The minimum atomic E-state index is -0.0328. The monoisotopic (exact) mass is 357 g/mol. The van der Waals surface area contributed by atoms with Crippen molar-refractivity contribution in [2.24, 2.45) is 0 Å². The Morgan fingerprint density at radius 3 is 2.76 bits per heavy atom. The topological polar surface area (TPSA) is 72.4 Å². The number of hydrogen-bond donors (Lipinski definition) is 1. The highest BCUT2D eigenvalue weighted by Gasteiger charge is 2.30. The normalized spacial score (nSPS) is 18.0. The van der Waals surface area contributed by atoms with Crippen LogP contribution in [0.1, 0.15) is 29.8 Å². The highest BCUT2D eigenvalue weighted by atomic mass is 32.1. The molecule has 25 heavy (non-hydrogen) atoms. The van der Waals surface area contributed by atoms with Gasteiger partial charge in [0.05, 0.1) is 18.6 Å². The number of nitrogens with one attached hydrogen (secondary N) is 2. The first-order valence-corrected chi connectivity index (χ1v) is 9.77. The number of morpholine rings is 1. The number of nitrogens with zero attached hydrogens (tertiary/aromatic N) is 2. The number of thiophene rings is 1. The molecule has 0 saturated carbocycles. The van der Waals surface area contributed by atoms with E-state index in [4.69, 9.17) is 4.74 Å². The number of aromatic nitrogens is 3. The minimum absolute atomic E-state index is 0.0328. The van der Waals surface area contributed by atoms with E-state index in [1.807, 2.05) is 6.92 Å². The van der Waals surface area contributed by atoms with Crippen molar-refractivity contribution in [2.45, 2.75) is 32.6 Å². The SMILES string of the molecule is Cc1nc2c(sc3[nH+]c(N4CCOCC4)c4c(c32)CCCC4)c(=O)[nH]1. The molecule has 0 radical (unpaired) electrons. The molecule has 1 saturated heterocycles. The van der Waals surface area contributed by atoms with E-state index in [0.29, 0.717) is 5.82 Å². The molecule has 0 amide bonds. The van der Waals surface area contributed by atoms with E-state index < -0.39 is 0 Å². The van der Waals surface area contributed by atoms with Crippen molar-refractivity contribution in [1.82, 2.24) is 9.97 Å². The highest BCUT2D eigenvalue weighted by Crippen LogP contribution is 2.38. The van der Waals surface area contributed by atoms with Crippen molar-refractivity contribution in [3.63, 3.8) is 0 Å². The second kappa shape index (κ2) is 5.78. The van der Waals surface area contributed by atoms with Gasteiger partial charge >= 0.3 is 0 Å². The van der Waals surface area contributed by atoms with E-state index in [-0.39, 0.29) is 5.56 Å². The van der Waals surface area contributed by atoms with Gasteiger partial charge in [0.25, 0.3) is 11.4 Å². The van der Waals surface area contributed by atoms with Crippen LogP contribution in [0.3, 0.4) is 0 Å². The molecule has 1 fully saturated rings. The van der Waals surface area contributed by atoms with Crippen molar-refractivity contribution in [1.29, 1.82) is 0 Å². The number of aryl methyl sites for hydroxylation is 2. The average Bonchev–Trinajstić information content (AvgIpc) is 3.01. The Morgan fingerprint density at radius 2 is 1.96 bits per heavy atom. The van der Waals surface area contributed by atoms with Crippen molar-refractivity contribution in [3.8, 4) is 0 Å². The van der Waals surface area contributed by atoms with Crippen LogP contribution in [0.15, 0.2) is 4.79 Å². The lowest BCUT2D eigenvalue weighted by Gasteiger charge is -2.25. The van der Waals surface area contributed by atoms with E-state index in [1.165, 1.54) is 46.5 Å². The van der Waals surface area contributed by atoms with Crippen LogP contribution >= 0.6 is 11.3 Å². The molecule has 0 unspecified atom stereocenters. The number of hydrogen-bond acceptors (Lipinski definition) is 5. The first-order valence-electron chi connectivity index (χ1n) is 8.95. The first-order chi connectivity index (χ1) is 12.2. The molecule has 5 rings (SSSR count). The van der Waals surface area contributed by atoms with Gasteiger partial charge in [-0.1, -0.05) is 11.3 Å². The van der Waals surface area contributed by atoms with E-state index in [2.05, 4.69) is 19.9 Å². The van der Waals surface area contributed by atoms with E-state index in [0.717, 1.165) is 54.2 Å². The van der Waals surface area contributed by atoms with Crippen molar-refractivity contribution < 1.29 is 9.72 Å². The molecule has 0 spiro atoms. The van der Waals surface area contributed by atoms with Crippen LogP contribution in [-0.4, -0.2) is 36.3 Å². The number of aromatic amines is 2. The Bertz CT molecular complexity index is 1030. The Kier molecular flexibility index (Phi) is 3.53. The summed E-state index contributed by atoms with van der Waals surface area (Å²) in [7, 11) is 0. The van der Waals surface area contributed by atoms with E-state index in [1.54, 1.807) is 0 Å². The lowest BCUT2D eigenvalue weighted by molar-refractivity contribution is -0.328. The molecule has 3 aromatic rings. The third-order valence-electron chi connectivity index (χ3n) is 5.28. The maximum Gasteiger partial charge on any atom is 0.279 e. The second-order valence-corrected chi connectivity index (χ2v) is 7.89. The van der Waals surface area contributed by atoms with Gasteiger partial charge in [0, 0.05) is 5.56 Å². The predicted molar refractivity (Wildman–Crippen MR) is 98.7 cm³/mol. The number of anilines is 1. The number of fused-ring (bicyclic) bond motifs is 5. The van der Waals surface area contributed by atoms with Crippen LogP contribution in [0.2, 0.25) is 0 Å². The summed E-state index contributed by atoms with van der Waals surface area (Å²) in [4.78, 5) is 27.0. The van der Waals surface area contributed by atoms with Crippen molar-refractivity contribution in [3.05, 3.63) is 27.3 Å². The van der Waals surface area contributed by atoms with E-state index >= 15 is 0 Å². The smallest absolute Gasteiger partial charge is 0.279 e. The Labute approximate surface area is 148 Å². The Balaban J connectivity index is 1.84. The summed E-state index contributed by atoms with van der Waals surface area (Å²) >= 11 is 1.53. The van der Waals surface area contributed by atoms with Gasteiger partial charge in [-0.15, -0.1) is 0 Å². The fourth-order valence-corrected chi connectivity index (χ4v) is 5.21. The van der Waals surface area contributed by atoms with Gasteiger partial charge < -0.3 is 9.72 Å². The van der Waals surface area contributed by atoms with Crippen LogP contribution in [0.25, 0.3) is 20.4 Å². The molecule has 0 aromatic carbocycles. The zero-order valence-electron chi connectivity index (χ0n) is 14.3. The number of H-pyrrole nitrogens is 2. The molecule has 2 N–H and O–H groups in total. The van der Waals surface area contributed by atoms with Crippen LogP contribution in [0, 0.1) is 6.92 Å². The van der Waals surface area contributed by atoms with Gasteiger partial charge in [-0.05, 0) is 38.2 Å². The summed E-state index contributed by atoms with van der Waals surface area (Å²) in [6, 6.07) is 0. The largest absolute Gasteiger partial charge is 0.373 e. The molecule has 0 atom stereocenters. The zero-order chi connectivity index (χ0) is 17.0. The van der Waals surface area contributed by atoms with Crippen LogP contribution < -0.4 is 15.4 Å². The molecular weight excluding hydrogens is 336 g/mol. The zero-order valence-corrected chi connectivity index (χ0v) is 15.1. The summed E-state index contributed by atoms with van der Waals surface area (Å²) in [6.07, 6.45) is 4.58. The Morgan fingerprint density at radius 1 is 1.20 bits per heavy atom. The van der Waals surface area contributed by atoms with Crippen molar-refractivity contribution in [2.75, 3.05) is 31.2 Å². The number of pyridine rings is 1. The van der Waals surface area contributed by atoms with Crippen LogP contribution in [-0.2, 0) is 17.6 Å². The van der Waals surface area contributed by atoms with Crippen LogP contribution in [0.5, 0.6) is 0 Å². The first kappa shape index (κ1) is 15.3. The molecule has 0 bridgehead atoms. The summed E-state index contributed by atoms with van der Waals surface area (Å²) in [6.45, 7) is 5.22. The number of rotatable bonds is 1. The second-order valence-electron chi connectivity index (χ2n) is 6.87. The molecule has 1 aliphatic carbocycles. The summed E-state index contributed by atoms with van der Waals surface area (Å²) in [5.74, 6) is 1.91. The molecule has 4 heterocycles. The van der Waals surface area contributed by atoms with Gasteiger partial charge in [-0.2, -0.15) is 0 Å². The van der Waals surface area contributed by atoms with Gasteiger partial charge in [0.1, 0.15) is 29.1 Å². The molecular formula is C18H21N4O2S+. The fourth-order valence-electron chi connectivity index (χ4n) is 4.15. The summed E-state index contributed by atoms with van der Waals surface area (Å²) in [5.41, 5.74) is 3.64. The molecule has 3 aromatic heterocycles. The van der Waals surface area contributed by atoms with Gasteiger partial charge in [0.2, 0.25) is 0 Å². The molecule has 7 heteroatoms. The standard InChI is InChI=1S/C18H20N4O2S/c1-10-19-14-13-11-4-2-3-5-12(11)16(22-6-8-24-9-7-22)21-18(13)25-15(14)17(23)20-10/h2-9H2,1H3,(H,19,20,23)/p+1. The van der Waals surface area contributed by atoms with Gasteiger partial charge in [-0.25, -0.2) is 9.97 Å². The lowest BCUT2D eigenvalue weighted by Crippen LogP contribution is -2.40. The fraction of sp³-hybridized carbons (Fsp3) is 0.500. The van der Waals surface area contributed by atoms with Crippen molar-refractivity contribution >= 4 is 37.6 Å². The average molecular weight is 357 g/mol.